The van der Waals surface area contributed by atoms with Crippen molar-refractivity contribution in [3.63, 3.8) is 0 Å². The number of methoxy groups -OCH3 is 1. The van der Waals surface area contributed by atoms with Gasteiger partial charge in [0, 0.05) is 0 Å². The van der Waals surface area contributed by atoms with Crippen molar-refractivity contribution in [3.8, 4) is 5.75 Å². The first kappa shape index (κ1) is 10.9. The van der Waals surface area contributed by atoms with Crippen LogP contribution in [-0.4, -0.2) is 7.11 Å². The Morgan fingerprint density at radius 1 is 1.21 bits per heavy atom. The van der Waals surface area contributed by atoms with Crippen molar-refractivity contribution in [3.05, 3.63) is 23.3 Å². The van der Waals surface area contributed by atoms with Gasteiger partial charge in [-0.3, -0.25) is 0 Å². The van der Waals surface area contributed by atoms with Crippen molar-refractivity contribution < 1.29 is 4.74 Å². The lowest BCUT2D eigenvalue weighted by Gasteiger charge is -2.23. The zero-order chi connectivity index (χ0) is 10.9. The van der Waals surface area contributed by atoms with E-state index in [0.29, 0.717) is 5.69 Å². The summed E-state index contributed by atoms with van der Waals surface area (Å²) in [7, 11) is 1.65. The summed E-state index contributed by atoms with van der Waals surface area (Å²) in [4.78, 5) is 0. The highest BCUT2D eigenvalue weighted by atomic mass is 16.5. The minimum absolute atomic E-state index is 0.130. The van der Waals surface area contributed by atoms with Gasteiger partial charge in [0.2, 0.25) is 0 Å². The summed E-state index contributed by atoms with van der Waals surface area (Å²) < 4.78 is 5.21. The van der Waals surface area contributed by atoms with Gasteiger partial charge >= 0.3 is 0 Å². The molecule has 78 valence electrons. The molecule has 0 radical (unpaired) electrons. The van der Waals surface area contributed by atoms with Crippen LogP contribution in [0.4, 0.5) is 5.69 Å². The molecular formula is C12H19NO. The predicted octanol–water partition coefficient (Wildman–Crippen LogP) is 2.88. The van der Waals surface area contributed by atoms with E-state index >= 15 is 0 Å². The van der Waals surface area contributed by atoms with Gasteiger partial charge in [-0.15, -0.1) is 0 Å². The predicted molar refractivity (Wildman–Crippen MR) is 60.8 cm³/mol. The number of nitrogen functional groups attached to an aromatic ring is 1. The van der Waals surface area contributed by atoms with Crippen LogP contribution in [0.1, 0.15) is 31.9 Å². The average molecular weight is 193 g/mol. The van der Waals surface area contributed by atoms with Gasteiger partial charge < -0.3 is 10.5 Å². The van der Waals surface area contributed by atoms with Crippen molar-refractivity contribution in [2.24, 2.45) is 0 Å². The average Bonchev–Trinajstić information content (AvgIpc) is 2.02. The fraction of sp³-hybridized carbons (Fsp3) is 0.500. The third kappa shape index (κ3) is 2.00. The molecule has 0 bridgehead atoms. The summed E-state index contributed by atoms with van der Waals surface area (Å²) in [5, 5.41) is 0. The van der Waals surface area contributed by atoms with Crippen molar-refractivity contribution in [1.29, 1.82) is 0 Å². The molecule has 0 saturated heterocycles. The Hall–Kier alpha value is -1.18. The zero-order valence-corrected chi connectivity index (χ0v) is 9.64. The van der Waals surface area contributed by atoms with E-state index in [1.807, 2.05) is 12.1 Å². The second-order valence-corrected chi connectivity index (χ2v) is 4.66. The molecule has 1 aromatic carbocycles. The van der Waals surface area contributed by atoms with E-state index in [1.165, 1.54) is 11.1 Å². The highest BCUT2D eigenvalue weighted by Gasteiger charge is 2.18. The maximum atomic E-state index is 5.82. The highest BCUT2D eigenvalue weighted by molar-refractivity contribution is 5.57. The first-order valence-corrected chi connectivity index (χ1v) is 4.81. The van der Waals surface area contributed by atoms with Crippen LogP contribution in [0.5, 0.6) is 5.75 Å². The minimum Gasteiger partial charge on any atom is -0.495 e. The van der Waals surface area contributed by atoms with Crippen LogP contribution in [0, 0.1) is 6.92 Å². The van der Waals surface area contributed by atoms with Gasteiger partial charge in [-0.2, -0.15) is 0 Å². The molecule has 0 aromatic heterocycles. The molecule has 0 amide bonds. The molecular weight excluding hydrogens is 174 g/mol. The fourth-order valence-electron chi connectivity index (χ4n) is 1.70. The van der Waals surface area contributed by atoms with Crippen molar-refractivity contribution >= 4 is 5.69 Å². The van der Waals surface area contributed by atoms with Crippen molar-refractivity contribution in [1.82, 2.24) is 0 Å². The Labute approximate surface area is 86.1 Å². The lowest BCUT2D eigenvalue weighted by atomic mass is 9.84. The third-order valence-electron chi connectivity index (χ3n) is 2.38. The number of hydrogen-bond donors (Lipinski definition) is 1. The van der Waals surface area contributed by atoms with Crippen LogP contribution in [0.2, 0.25) is 0 Å². The summed E-state index contributed by atoms with van der Waals surface area (Å²) in [5.74, 6) is 0.764. The van der Waals surface area contributed by atoms with E-state index in [2.05, 4.69) is 27.7 Å². The van der Waals surface area contributed by atoms with E-state index in [-0.39, 0.29) is 5.41 Å². The molecule has 0 fully saturated rings. The van der Waals surface area contributed by atoms with Crippen LogP contribution in [-0.2, 0) is 5.41 Å². The number of rotatable bonds is 1. The van der Waals surface area contributed by atoms with Crippen molar-refractivity contribution in [2.45, 2.75) is 33.1 Å². The molecule has 0 aliphatic rings. The molecule has 0 atom stereocenters. The molecule has 0 saturated carbocycles. The summed E-state index contributed by atoms with van der Waals surface area (Å²) >= 11 is 0. The molecule has 1 aromatic rings. The van der Waals surface area contributed by atoms with E-state index in [0.717, 1.165) is 5.75 Å². The van der Waals surface area contributed by atoms with Gasteiger partial charge in [0.05, 0.1) is 12.8 Å². The minimum atomic E-state index is 0.130. The summed E-state index contributed by atoms with van der Waals surface area (Å²) in [5.41, 5.74) is 9.15. The van der Waals surface area contributed by atoms with Gasteiger partial charge in [-0.05, 0) is 35.6 Å². The monoisotopic (exact) mass is 193 g/mol. The van der Waals surface area contributed by atoms with Crippen LogP contribution >= 0.6 is 0 Å². The molecule has 0 heterocycles. The number of nitrogens with two attached hydrogens (primary N) is 1. The number of aryl methyl sites for hydroxylation is 1. The van der Waals surface area contributed by atoms with E-state index in [9.17, 15) is 0 Å². The number of ether oxygens (including phenoxy) is 1. The quantitative estimate of drug-likeness (QED) is 0.696. The number of benzene rings is 1. The smallest absolute Gasteiger partial charge is 0.142 e. The first-order valence-electron chi connectivity index (χ1n) is 4.81. The Morgan fingerprint density at radius 3 is 2.21 bits per heavy atom. The Morgan fingerprint density at radius 2 is 1.79 bits per heavy atom. The second-order valence-electron chi connectivity index (χ2n) is 4.66. The standard InChI is InChI=1S/C12H19NO/c1-8-6-10(13)11(14-5)7-9(8)12(2,3)4/h6-7H,13H2,1-5H3. The summed E-state index contributed by atoms with van der Waals surface area (Å²) in [6.07, 6.45) is 0. The topological polar surface area (TPSA) is 35.2 Å². The van der Waals surface area contributed by atoms with Crippen LogP contribution < -0.4 is 10.5 Å². The third-order valence-corrected chi connectivity index (χ3v) is 2.38. The Kier molecular flexibility index (Phi) is 2.74. The first-order chi connectivity index (χ1) is 6.36. The molecule has 2 nitrogen and oxygen atoms in total. The zero-order valence-electron chi connectivity index (χ0n) is 9.64. The van der Waals surface area contributed by atoms with Crippen molar-refractivity contribution in [2.75, 3.05) is 12.8 Å². The lowest BCUT2D eigenvalue weighted by molar-refractivity contribution is 0.414. The molecule has 0 unspecified atom stereocenters. The van der Waals surface area contributed by atoms with Crippen LogP contribution in [0.15, 0.2) is 12.1 Å². The van der Waals surface area contributed by atoms with Gasteiger partial charge in [-0.25, -0.2) is 0 Å². The molecule has 1 rings (SSSR count). The summed E-state index contributed by atoms with van der Waals surface area (Å²) in [6.45, 7) is 8.64. The van der Waals surface area contributed by atoms with E-state index < -0.39 is 0 Å². The van der Waals surface area contributed by atoms with E-state index in [1.54, 1.807) is 7.11 Å². The van der Waals surface area contributed by atoms with Gasteiger partial charge in [0.15, 0.2) is 0 Å². The molecule has 14 heavy (non-hydrogen) atoms. The number of hydrogen-bond acceptors (Lipinski definition) is 2. The second kappa shape index (κ2) is 3.52. The van der Waals surface area contributed by atoms with Crippen LogP contribution in [0.3, 0.4) is 0 Å². The van der Waals surface area contributed by atoms with Crippen LogP contribution in [0.25, 0.3) is 0 Å². The molecule has 0 aliphatic carbocycles. The van der Waals surface area contributed by atoms with Gasteiger partial charge in [0.1, 0.15) is 5.75 Å². The highest BCUT2D eigenvalue weighted by Crippen LogP contribution is 2.32. The molecule has 2 N–H and O–H groups in total. The molecule has 0 aliphatic heterocycles. The van der Waals surface area contributed by atoms with Gasteiger partial charge in [0.25, 0.3) is 0 Å². The Balaban J connectivity index is 3.32. The summed E-state index contributed by atoms with van der Waals surface area (Å²) in [6, 6.07) is 4.00. The SMILES string of the molecule is COc1cc(C(C)(C)C)c(C)cc1N. The lowest BCUT2D eigenvalue weighted by Crippen LogP contribution is -2.13. The number of anilines is 1. The van der Waals surface area contributed by atoms with E-state index in [4.69, 9.17) is 10.5 Å². The maximum Gasteiger partial charge on any atom is 0.142 e. The largest absolute Gasteiger partial charge is 0.495 e. The molecule has 0 spiro atoms. The van der Waals surface area contributed by atoms with Gasteiger partial charge in [-0.1, -0.05) is 20.8 Å². The molecule has 2 heteroatoms. The fourth-order valence-corrected chi connectivity index (χ4v) is 1.70. The maximum absolute atomic E-state index is 5.82. The Bertz CT molecular complexity index is 337. The normalized spacial score (nSPS) is 11.5.